The van der Waals surface area contributed by atoms with Crippen LogP contribution in [0, 0.1) is 21.7 Å². The molecule has 0 radical (unpaired) electrons. The Morgan fingerprint density at radius 3 is 2.07 bits per heavy atom. The fraction of sp³-hybridized carbons (Fsp3) is 0.600. The average molecular weight is 413 g/mol. The van der Waals surface area contributed by atoms with Gasteiger partial charge in [0.15, 0.2) is 5.82 Å². The van der Waals surface area contributed by atoms with E-state index in [0.717, 1.165) is 11.8 Å². The van der Waals surface area contributed by atoms with Crippen molar-refractivity contribution < 1.29 is 18.1 Å². The van der Waals surface area contributed by atoms with Crippen molar-refractivity contribution >= 4 is 19.7 Å². The summed E-state index contributed by atoms with van der Waals surface area (Å²) in [5.41, 5.74) is 0.547. The number of anilines is 1. The number of hydrogen-bond donors (Lipinski definition) is 0. The van der Waals surface area contributed by atoms with Crippen molar-refractivity contribution in [1.29, 1.82) is 0 Å². The summed E-state index contributed by atoms with van der Waals surface area (Å²) in [6, 6.07) is 2.28. The maximum atomic E-state index is 14.3. The number of nitrogens with zero attached hydrogens (tertiary/aromatic N) is 2. The maximum absolute atomic E-state index is 14.3. The molecule has 0 unspecified atom stereocenters. The molecule has 0 saturated heterocycles. The quantitative estimate of drug-likeness (QED) is 0.306. The molecule has 1 aromatic carbocycles. The monoisotopic (exact) mass is 412 g/mol. The molecule has 28 heavy (non-hydrogen) atoms. The fourth-order valence-corrected chi connectivity index (χ4v) is 9.80. The van der Waals surface area contributed by atoms with Crippen molar-refractivity contribution in [2.45, 2.75) is 64.6 Å². The van der Waals surface area contributed by atoms with Crippen LogP contribution in [0.3, 0.4) is 0 Å². The summed E-state index contributed by atoms with van der Waals surface area (Å²) < 4.78 is 35.0. The molecule has 0 bridgehead atoms. The minimum absolute atomic E-state index is 0.0403. The van der Waals surface area contributed by atoms with Gasteiger partial charge in [-0.3, -0.25) is 10.1 Å². The minimum atomic E-state index is -2.05. The molecular weight excluding hydrogens is 382 g/mol. The Hall–Kier alpha value is -1.96. The summed E-state index contributed by atoms with van der Waals surface area (Å²) in [7, 11) is -2.05. The first-order chi connectivity index (χ1) is 13.0. The van der Waals surface area contributed by atoms with Gasteiger partial charge in [-0.25, -0.2) is 4.39 Å². The van der Waals surface area contributed by atoms with E-state index in [0.29, 0.717) is 36.1 Å². The maximum Gasteiger partial charge on any atom is 0.308 e. The molecule has 8 heteroatoms. The third kappa shape index (κ3) is 4.06. The van der Waals surface area contributed by atoms with Gasteiger partial charge in [0.2, 0.25) is 5.82 Å². The number of hydrogen-bond acceptors (Lipinski definition) is 4. The molecule has 0 amide bonds. The van der Waals surface area contributed by atoms with E-state index in [9.17, 15) is 18.9 Å². The lowest BCUT2D eigenvalue weighted by Crippen LogP contribution is -2.48. The zero-order valence-electron chi connectivity index (χ0n) is 17.5. The largest absolute Gasteiger partial charge is 0.546 e. The molecule has 0 aromatic heterocycles. The lowest BCUT2D eigenvalue weighted by molar-refractivity contribution is -0.387. The lowest BCUT2D eigenvalue weighted by Gasteiger charge is -2.44. The molecule has 2 rings (SSSR count). The Bertz CT molecular complexity index is 744. The van der Waals surface area contributed by atoms with Crippen molar-refractivity contribution in [3.63, 3.8) is 0 Å². The van der Waals surface area contributed by atoms with E-state index in [1.165, 1.54) is 6.07 Å². The zero-order valence-corrected chi connectivity index (χ0v) is 18.5. The Labute approximate surface area is 166 Å². The molecule has 0 atom stereocenters. The lowest BCUT2D eigenvalue weighted by atomic mass is 10.1. The van der Waals surface area contributed by atoms with Gasteiger partial charge in [0, 0.05) is 25.6 Å². The van der Waals surface area contributed by atoms with Gasteiger partial charge in [-0.1, -0.05) is 41.5 Å². The highest BCUT2D eigenvalue weighted by molar-refractivity contribution is 6.77. The predicted octanol–water partition coefficient (Wildman–Crippen LogP) is 6.16. The first kappa shape index (κ1) is 22.3. The Morgan fingerprint density at radius 2 is 1.64 bits per heavy atom. The first-order valence-corrected chi connectivity index (χ1v) is 11.9. The van der Waals surface area contributed by atoms with Crippen LogP contribution in [0.5, 0.6) is 0 Å². The van der Waals surface area contributed by atoms with Crippen molar-refractivity contribution in [1.82, 2.24) is 0 Å². The highest BCUT2D eigenvalue weighted by Gasteiger charge is 2.47. The van der Waals surface area contributed by atoms with E-state index in [4.69, 9.17) is 4.43 Å². The van der Waals surface area contributed by atoms with E-state index in [1.807, 2.05) is 6.08 Å². The van der Waals surface area contributed by atoms with E-state index in [-0.39, 0.29) is 5.69 Å². The molecule has 1 aliphatic rings. The van der Waals surface area contributed by atoms with E-state index < -0.39 is 30.6 Å². The van der Waals surface area contributed by atoms with E-state index in [2.05, 4.69) is 41.5 Å². The fourth-order valence-electron chi connectivity index (χ4n) is 4.46. The SMILES string of the molecule is CC(C)[Si](OC1=CCN(c2ccc([N+](=O)[O-])c(F)c2F)CC1)(C(C)C)C(C)C. The Balaban J connectivity index is 2.23. The molecule has 0 aliphatic carbocycles. The summed E-state index contributed by atoms with van der Waals surface area (Å²) in [5, 5.41) is 10.8. The Morgan fingerprint density at radius 1 is 1.07 bits per heavy atom. The summed E-state index contributed by atoms with van der Waals surface area (Å²) in [6.45, 7) is 14.2. The van der Waals surface area contributed by atoms with Crippen LogP contribution in [0.25, 0.3) is 0 Å². The standard InChI is InChI=1S/C20H30F2N2O3Si/c1-13(2)28(14(3)4,15(5)6)27-16-9-11-23(12-10-16)17-7-8-18(24(25)26)20(22)19(17)21/h7-9,13-15H,10-12H2,1-6H3. The van der Waals surface area contributed by atoms with Crippen LogP contribution in [-0.4, -0.2) is 26.3 Å². The van der Waals surface area contributed by atoms with Gasteiger partial charge < -0.3 is 9.33 Å². The van der Waals surface area contributed by atoms with Crippen LogP contribution < -0.4 is 4.90 Å². The van der Waals surface area contributed by atoms with Gasteiger partial charge in [-0.2, -0.15) is 4.39 Å². The van der Waals surface area contributed by atoms with Crippen molar-refractivity contribution in [3.8, 4) is 0 Å². The van der Waals surface area contributed by atoms with Gasteiger partial charge in [0.05, 0.1) is 16.4 Å². The van der Waals surface area contributed by atoms with Crippen LogP contribution in [0.15, 0.2) is 24.0 Å². The van der Waals surface area contributed by atoms with Crippen molar-refractivity contribution in [3.05, 3.63) is 45.7 Å². The molecule has 0 saturated carbocycles. The molecule has 0 spiro atoms. The molecule has 5 nitrogen and oxygen atoms in total. The number of benzene rings is 1. The van der Waals surface area contributed by atoms with Crippen LogP contribution in [0.4, 0.5) is 20.2 Å². The topological polar surface area (TPSA) is 55.6 Å². The molecule has 0 fully saturated rings. The molecule has 1 aliphatic heterocycles. The predicted molar refractivity (Wildman–Crippen MR) is 110 cm³/mol. The molecule has 156 valence electrons. The van der Waals surface area contributed by atoms with Crippen LogP contribution in [0.1, 0.15) is 48.0 Å². The smallest absolute Gasteiger partial charge is 0.308 e. The van der Waals surface area contributed by atoms with E-state index >= 15 is 0 Å². The highest BCUT2D eigenvalue weighted by Crippen LogP contribution is 2.44. The second-order valence-electron chi connectivity index (χ2n) is 8.28. The van der Waals surface area contributed by atoms with Crippen molar-refractivity contribution in [2.24, 2.45) is 0 Å². The number of nitro benzene ring substituents is 1. The minimum Gasteiger partial charge on any atom is -0.546 e. The first-order valence-electron chi connectivity index (χ1n) is 9.77. The van der Waals surface area contributed by atoms with Crippen LogP contribution in [-0.2, 0) is 4.43 Å². The summed E-state index contributed by atoms with van der Waals surface area (Å²) in [6.07, 6.45) is 2.52. The second-order valence-corrected chi connectivity index (χ2v) is 13.7. The molecule has 1 heterocycles. The average Bonchev–Trinajstić information content (AvgIpc) is 2.61. The van der Waals surface area contributed by atoms with Crippen LogP contribution in [0.2, 0.25) is 16.6 Å². The van der Waals surface area contributed by atoms with Crippen molar-refractivity contribution in [2.75, 3.05) is 18.0 Å². The number of halogens is 2. The molecule has 0 N–H and O–H groups in total. The summed E-state index contributed by atoms with van der Waals surface area (Å²) >= 11 is 0. The number of rotatable bonds is 7. The van der Waals surface area contributed by atoms with Gasteiger partial charge in [0.1, 0.15) is 0 Å². The number of nitro groups is 1. The zero-order chi connectivity index (χ0) is 21.2. The Kier molecular flexibility index (Phi) is 6.85. The second kappa shape index (κ2) is 8.59. The molecule has 1 aromatic rings. The third-order valence-electron chi connectivity index (χ3n) is 5.76. The third-order valence-corrected chi connectivity index (χ3v) is 11.8. The van der Waals surface area contributed by atoms with E-state index in [1.54, 1.807) is 4.90 Å². The van der Waals surface area contributed by atoms with Gasteiger partial charge in [-0.05, 0) is 28.8 Å². The molecular formula is C20H30F2N2O3Si. The normalized spacial score (nSPS) is 15.4. The van der Waals surface area contributed by atoms with Gasteiger partial charge in [0.25, 0.3) is 8.32 Å². The highest BCUT2D eigenvalue weighted by atomic mass is 28.4. The summed E-state index contributed by atoms with van der Waals surface area (Å²) in [5.74, 6) is -1.68. The van der Waals surface area contributed by atoms with Gasteiger partial charge >= 0.3 is 5.69 Å². The van der Waals surface area contributed by atoms with Crippen LogP contribution >= 0.6 is 0 Å². The van der Waals surface area contributed by atoms with Gasteiger partial charge in [-0.15, -0.1) is 0 Å². The summed E-state index contributed by atoms with van der Waals surface area (Å²) in [4.78, 5) is 11.5.